The van der Waals surface area contributed by atoms with Crippen molar-refractivity contribution in [3.63, 3.8) is 0 Å². The third-order valence-corrected chi connectivity index (χ3v) is 3.97. The number of hydrogen-bond acceptors (Lipinski definition) is 3. The van der Waals surface area contributed by atoms with Crippen LogP contribution in [-0.2, 0) is 0 Å². The lowest BCUT2D eigenvalue weighted by atomic mass is 9.89. The number of benzene rings is 1. The van der Waals surface area contributed by atoms with Gasteiger partial charge in [0.25, 0.3) is 0 Å². The summed E-state index contributed by atoms with van der Waals surface area (Å²) in [6, 6.07) is 7.77. The molecule has 0 atom stereocenters. The van der Waals surface area contributed by atoms with Gasteiger partial charge >= 0.3 is 0 Å². The molecule has 0 heterocycles. The van der Waals surface area contributed by atoms with E-state index in [0.29, 0.717) is 12.0 Å². The number of ether oxygens (including phenoxy) is 2. The number of hydrogen-bond donors (Lipinski definition) is 1. The average Bonchev–Trinajstić information content (AvgIpc) is 2.86. The summed E-state index contributed by atoms with van der Waals surface area (Å²) in [5.41, 5.74) is 0.504. The molecule has 1 aromatic carbocycles. The molecule has 3 heteroatoms. The molecule has 1 aromatic rings. The molecule has 1 fully saturated rings. The highest BCUT2D eigenvalue weighted by molar-refractivity contribution is 5.39. The Kier molecular flexibility index (Phi) is 5.08. The van der Waals surface area contributed by atoms with Crippen LogP contribution in [0, 0.1) is 5.41 Å². The van der Waals surface area contributed by atoms with E-state index < -0.39 is 0 Å². The number of para-hydroxylation sites is 2. The molecule has 0 aliphatic heterocycles. The molecule has 0 unspecified atom stereocenters. The zero-order chi connectivity index (χ0) is 13.6. The van der Waals surface area contributed by atoms with Crippen molar-refractivity contribution in [3.05, 3.63) is 24.3 Å². The van der Waals surface area contributed by atoms with E-state index in [1.54, 1.807) is 7.11 Å². The van der Waals surface area contributed by atoms with Crippen molar-refractivity contribution in [2.24, 2.45) is 5.41 Å². The van der Waals surface area contributed by atoms with Gasteiger partial charge in [0.1, 0.15) is 6.61 Å². The lowest BCUT2D eigenvalue weighted by Gasteiger charge is -2.23. The summed E-state index contributed by atoms with van der Waals surface area (Å²) in [7, 11) is 1.67. The first-order valence-corrected chi connectivity index (χ1v) is 7.20. The molecule has 1 aliphatic carbocycles. The Bertz CT molecular complexity index is 386. The van der Waals surface area contributed by atoms with E-state index in [1.165, 1.54) is 25.7 Å². The van der Waals surface area contributed by atoms with E-state index in [2.05, 4.69) is 12.2 Å². The van der Waals surface area contributed by atoms with Crippen molar-refractivity contribution < 1.29 is 9.47 Å². The average molecular weight is 263 g/mol. The molecule has 1 N–H and O–H groups in total. The van der Waals surface area contributed by atoms with Gasteiger partial charge in [0.2, 0.25) is 0 Å². The standard InChI is InChI=1S/C16H25NO2/c1-16(9-5-6-10-16)13-17-11-12-19-15-8-4-3-7-14(15)18-2/h3-4,7-8,17H,5-6,9-13H2,1-2H3. The first-order valence-electron chi connectivity index (χ1n) is 7.20. The van der Waals surface area contributed by atoms with Gasteiger partial charge in [-0.3, -0.25) is 0 Å². The molecule has 0 radical (unpaired) electrons. The van der Waals surface area contributed by atoms with Crippen molar-refractivity contribution in [1.82, 2.24) is 5.32 Å². The van der Waals surface area contributed by atoms with Gasteiger partial charge in [0.15, 0.2) is 11.5 Å². The lowest BCUT2D eigenvalue weighted by Crippen LogP contribution is -2.32. The Labute approximate surface area is 116 Å². The minimum absolute atomic E-state index is 0.504. The zero-order valence-corrected chi connectivity index (χ0v) is 12.1. The van der Waals surface area contributed by atoms with E-state index in [9.17, 15) is 0 Å². The number of rotatable bonds is 7. The minimum atomic E-state index is 0.504. The Morgan fingerprint density at radius 2 is 1.84 bits per heavy atom. The fraction of sp³-hybridized carbons (Fsp3) is 0.625. The topological polar surface area (TPSA) is 30.5 Å². The van der Waals surface area contributed by atoms with Crippen LogP contribution in [0.5, 0.6) is 11.5 Å². The van der Waals surface area contributed by atoms with Crippen LogP contribution in [0.4, 0.5) is 0 Å². The summed E-state index contributed by atoms with van der Waals surface area (Å²) in [6.45, 7) is 5.04. The maximum atomic E-state index is 5.74. The fourth-order valence-electron chi connectivity index (χ4n) is 2.77. The molecule has 106 valence electrons. The SMILES string of the molecule is COc1ccccc1OCCNCC1(C)CCCC1. The van der Waals surface area contributed by atoms with E-state index in [-0.39, 0.29) is 0 Å². The van der Waals surface area contributed by atoms with Crippen molar-refractivity contribution in [3.8, 4) is 11.5 Å². The molecule has 0 saturated heterocycles. The van der Waals surface area contributed by atoms with Gasteiger partial charge in [-0.1, -0.05) is 31.9 Å². The highest BCUT2D eigenvalue weighted by Gasteiger charge is 2.27. The lowest BCUT2D eigenvalue weighted by molar-refractivity contribution is 0.269. The summed E-state index contributed by atoms with van der Waals surface area (Å²) in [4.78, 5) is 0. The summed E-state index contributed by atoms with van der Waals surface area (Å²) in [5.74, 6) is 1.61. The highest BCUT2D eigenvalue weighted by Crippen LogP contribution is 2.36. The Hall–Kier alpha value is -1.22. The van der Waals surface area contributed by atoms with Crippen LogP contribution >= 0.6 is 0 Å². The first kappa shape index (κ1) is 14.2. The first-order chi connectivity index (χ1) is 9.23. The van der Waals surface area contributed by atoms with Crippen molar-refractivity contribution in [1.29, 1.82) is 0 Å². The van der Waals surface area contributed by atoms with Crippen LogP contribution in [0.3, 0.4) is 0 Å². The van der Waals surface area contributed by atoms with Crippen molar-refractivity contribution >= 4 is 0 Å². The number of nitrogens with one attached hydrogen (secondary N) is 1. The summed E-state index contributed by atoms with van der Waals surface area (Å²) >= 11 is 0. The van der Waals surface area contributed by atoms with Crippen LogP contribution in [0.2, 0.25) is 0 Å². The molecule has 1 saturated carbocycles. The molecule has 0 bridgehead atoms. The van der Waals surface area contributed by atoms with Crippen LogP contribution in [0.25, 0.3) is 0 Å². The molecule has 0 aromatic heterocycles. The maximum Gasteiger partial charge on any atom is 0.161 e. The second-order valence-electron chi connectivity index (χ2n) is 5.69. The van der Waals surface area contributed by atoms with E-state index in [4.69, 9.17) is 9.47 Å². The molecule has 0 amide bonds. The Morgan fingerprint density at radius 1 is 1.16 bits per heavy atom. The quantitative estimate of drug-likeness (QED) is 0.766. The van der Waals surface area contributed by atoms with E-state index in [0.717, 1.165) is 24.6 Å². The monoisotopic (exact) mass is 263 g/mol. The third-order valence-electron chi connectivity index (χ3n) is 3.97. The van der Waals surface area contributed by atoms with Crippen molar-refractivity contribution in [2.75, 3.05) is 26.8 Å². The molecule has 2 rings (SSSR count). The predicted molar refractivity (Wildman–Crippen MR) is 77.9 cm³/mol. The molecule has 0 spiro atoms. The Morgan fingerprint density at radius 3 is 2.53 bits per heavy atom. The van der Waals surface area contributed by atoms with Gasteiger partial charge in [-0.25, -0.2) is 0 Å². The van der Waals surface area contributed by atoms with Crippen LogP contribution in [0.1, 0.15) is 32.6 Å². The number of methoxy groups -OCH3 is 1. The molecular formula is C16H25NO2. The second kappa shape index (κ2) is 6.80. The molecular weight excluding hydrogens is 238 g/mol. The van der Waals surface area contributed by atoms with Gasteiger partial charge in [-0.05, 0) is 30.4 Å². The van der Waals surface area contributed by atoms with Gasteiger partial charge in [0.05, 0.1) is 7.11 Å². The molecule has 1 aliphatic rings. The van der Waals surface area contributed by atoms with Crippen LogP contribution < -0.4 is 14.8 Å². The maximum absolute atomic E-state index is 5.74. The minimum Gasteiger partial charge on any atom is -0.493 e. The van der Waals surface area contributed by atoms with Gasteiger partial charge in [0, 0.05) is 13.1 Å². The third kappa shape index (κ3) is 4.13. The van der Waals surface area contributed by atoms with Crippen LogP contribution in [0.15, 0.2) is 24.3 Å². The Balaban J connectivity index is 1.66. The van der Waals surface area contributed by atoms with E-state index >= 15 is 0 Å². The fourth-order valence-corrected chi connectivity index (χ4v) is 2.77. The highest BCUT2D eigenvalue weighted by atomic mass is 16.5. The van der Waals surface area contributed by atoms with Crippen molar-refractivity contribution in [2.45, 2.75) is 32.6 Å². The van der Waals surface area contributed by atoms with Gasteiger partial charge in [-0.15, -0.1) is 0 Å². The van der Waals surface area contributed by atoms with Crippen LogP contribution in [-0.4, -0.2) is 26.8 Å². The zero-order valence-electron chi connectivity index (χ0n) is 12.1. The predicted octanol–water partition coefficient (Wildman–Crippen LogP) is 3.24. The van der Waals surface area contributed by atoms with E-state index in [1.807, 2.05) is 24.3 Å². The summed E-state index contributed by atoms with van der Waals surface area (Å²) in [5, 5.41) is 3.51. The summed E-state index contributed by atoms with van der Waals surface area (Å²) in [6.07, 6.45) is 5.48. The smallest absolute Gasteiger partial charge is 0.161 e. The second-order valence-corrected chi connectivity index (χ2v) is 5.69. The van der Waals surface area contributed by atoms with Gasteiger partial charge < -0.3 is 14.8 Å². The molecule has 19 heavy (non-hydrogen) atoms. The van der Waals surface area contributed by atoms with Gasteiger partial charge in [-0.2, -0.15) is 0 Å². The molecule has 3 nitrogen and oxygen atoms in total. The summed E-state index contributed by atoms with van der Waals surface area (Å²) < 4.78 is 11.0. The largest absolute Gasteiger partial charge is 0.493 e. The normalized spacial score (nSPS) is 17.4.